The maximum absolute atomic E-state index is 9.96. The first-order valence-electron chi connectivity index (χ1n) is 7.82. The minimum atomic E-state index is 0.230. The number of hydrogen-bond acceptors (Lipinski definition) is 5. The van der Waals surface area contributed by atoms with Crippen LogP contribution in [0.5, 0.6) is 5.75 Å². The number of phenolic OH excluding ortho intramolecular Hbond substituents is 1. The van der Waals surface area contributed by atoms with E-state index in [4.69, 9.17) is 0 Å². The van der Waals surface area contributed by atoms with Gasteiger partial charge in [0.25, 0.3) is 0 Å². The smallest absolute Gasteiger partial charge is 0.150 e. The van der Waals surface area contributed by atoms with Crippen molar-refractivity contribution in [2.45, 2.75) is 32.9 Å². The van der Waals surface area contributed by atoms with Crippen LogP contribution < -0.4 is 5.32 Å². The van der Waals surface area contributed by atoms with Crippen LogP contribution in [0.1, 0.15) is 25.3 Å². The number of nitrogens with one attached hydrogen (secondary N) is 1. The van der Waals surface area contributed by atoms with Crippen molar-refractivity contribution in [3.05, 3.63) is 35.9 Å². The van der Waals surface area contributed by atoms with E-state index in [1.165, 1.54) is 6.42 Å². The van der Waals surface area contributed by atoms with Gasteiger partial charge in [0.1, 0.15) is 11.6 Å². The molecule has 3 rings (SSSR count). The van der Waals surface area contributed by atoms with E-state index < -0.39 is 0 Å². The van der Waals surface area contributed by atoms with Gasteiger partial charge >= 0.3 is 0 Å². The minimum Gasteiger partial charge on any atom is -0.507 e. The Balaban J connectivity index is 1.82. The number of hydrogen-bond donors (Lipinski definition) is 2. The SMILES string of the molecule is CCN1CCCC1Nc1cc(C)c(-c2ccccc2O)nn1. The van der Waals surface area contributed by atoms with Gasteiger partial charge < -0.3 is 10.4 Å². The number of para-hydroxylation sites is 1. The fourth-order valence-corrected chi connectivity index (χ4v) is 3.03. The van der Waals surface area contributed by atoms with Crippen molar-refractivity contribution in [1.82, 2.24) is 15.1 Å². The predicted molar refractivity (Wildman–Crippen MR) is 87.8 cm³/mol. The molecule has 2 N–H and O–H groups in total. The van der Waals surface area contributed by atoms with Crippen LogP contribution in [-0.4, -0.2) is 39.5 Å². The van der Waals surface area contributed by atoms with Gasteiger partial charge in [-0.3, -0.25) is 4.90 Å². The van der Waals surface area contributed by atoms with Gasteiger partial charge in [-0.25, -0.2) is 0 Å². The molecule has 116 valence electrons. The molecule has 5 heteroatoms. The van der Waals surface area contributed by atoms with Gasteiger partial charge in [-0.2, -0.15) is 0 Å². The Morgan fingerprint density at radius 1 is 1.32 bits per heavy atom. The second-order valence-electron chi connectivity index (χ2n) is 5.71. The highest BCUT2D eigenvalue weighted by atomic mass is 16.3. The van der Waals surface area contributed by atoms with Crippen LogP contribution >= 0.6 is 0 Å². The molecular weight excluding hydrogens is 276 g/mol. The molecule has 1 fully saturated rings. The van der Waals surface area contributed by atoms with Crippen molar-refractivity contribution in [3.63, 3.8) is 0 Å². The zero-order valence-corrected chi connectivity index (χ0v) is 13.1. The van der Waals surface area contributed by atoms with Crippen LogP contribution in [0.2, 0.25) is 0 Å². The van der Waals surface area contributed by atoms with Crippen molar-refractivity contribution in [2.75, 3.05) is 18.4 Å². The lowest BCUT2D eigenvalue weighted by molar-refractivity contribution is 0.290. The topological polar surface area (TPSA) is 61.3 Å². The fraction of sp³-hybridized carbons (Fsp3) is 0.412. The van der Waals surface area contributed by atoms with Crippen molar-refractivity contribution in [3.8, 4) is 17.0 Å². The maximum Gasteiger partial charge on any atom is 0.150 e. The summed E-state index contributed by atoms with van der Waals surface area (Å²) >= 11 is 0. The lowest BCUT2D eigenvalue weighted by atomic mass is 10.1. The molecule has 0 saturated carbocycles. The van der Waals surface area contributed by atoms with Gasteiger partial charge in [-0.05, 0) is 50.1 Å². The highest BCUT2D eigenvalue weighted by Crippen LogP contribution is 2.30. The molecule has 1 aromatic carbocycles. The molecular formula is C17H22N4O. The lowest BCUT2D eigenvalue weighted by Crippen LogP contribution is -2.35. The third kappa shape index (κ3) is 2.90. The van der Waals surface area contributed by atoms with E-state index in [2.05, 4.69) is 27.3 Å². The Labute approximate surface area is 131 Å². The van der Waals surface area contributed by atoms with Crippen molar-refractivity contribution in [2.24, 2.45) is 0 Å². The molecule has 1 aliphatic heterocycles. The first kappa shape index (κ1) is 14.8. The van der Waals surface area contributed by atoms with E-state index >= 15 is 0 Å². The molecule has 0 spiro atoms. The zero-order valence-electron chi connectivity index (χ0n) is 13.1. The maximum atomic E-state index is 9.96. The van der Waals surface area contributed by atoms with Crippen LogP contribution in [0.3, 0.4) is 0 Å². The summed E-state index contributed by atoms with van der Waals surface area (Å²) in [5.74, 6) is 1.02. The highest BCUT2D eigenvalue weighted by molar-refractivity contribution is 5.69. The van der Waals surface area contributed by atoms with Gasteiger partial charge in [-0.1, -0.05) is 19.1 Å². The zero-order chi connectivity index (χ0) is 15.5. The number of anilines is 1. The summed E-state index contributed by atoms with van der Waals surface area (Å²) in [4.78, 5) is 2.41. The molecule has 0 radical (unpaired) electrons. The average Bonchev–Trinajstić information content (AvgIpc) is 2.96. The molecule has 1 saturated heterocycles. The quantitative estimate of drug-likeness (QED) is 0.908. The first-order chi connectivity index (χ1) is 10.7. The number of benzene rings is 1. The molecule has 5 nitrogen and oxygen atoms in total. The standard InChI is InChI=1S/C17H22N4O/c1-3-21-10-6-9-16(21)18-15-11-12(2)17(20-19-15)13-7-4-5-8-14(13)22/h4-5,7-8,11,16,22H,3,6,9-10H2,1-2H3,(H,18,19). The molecule has 0 bridgehead atoms. The number of nitrogens with zero attached hydrogens (tertiary/aromatic N) is 3. The first-order valence-corrected chi connectivity index (χ1v) is 7.82. The normalized spacial score (nSPS) is 18.5. The van der Waals surface area contributed by atoms with E-state index in [1.54, 1.807) is 12.1 Å². The van der Waals surface area contributed by atoms with E-state index in [0.717, 1.165) is 42.1 Å². The summed E-state index contributed by atoms with van der Waals surface area (Å²) in [6.45, 7) is 6.35. The van der Waals surface area contributed by atoms with Gasteiger partial charge in [0.15, 0.2) is 0 Å². The van der Waals surface area contributed by atoms with E-state index in [-0.39, 0.29) is 5.75 Å². The van der Waals surface area contributed by atoms with Gasteiger partial charge in [0.05, 0.1) is 11.9 Å². The Morgan fingerprint density at radius 2 is 2.14 bits per heavy atom. The summed E-state index contributed by atoms with van der Waals surface area (Å²) in [7, 11) is 0. The number of rotatable bonds is 4. The van der Waals surface area contributed by atoms with Crippen LogP contribution in [0.25, 0.3) is 11.3 Å². The molecule has 0 aliphatic carbocycles. The van der Waals surface area contributed by atoms with Crippen LogP contribution in [0.15, 0.2) is 30.3 Å². The van der Waals surface area contributed by atoms with E-state index in [0.29, 0.717) is 6.17 Å². The number of aromatic nitrogens is 2. The number of aryl methyl sites for hydroxylation is 1. The van der Waals surface area contributed by atoms with Gasteiger partial charge in [0, 0.05) is 12.1 Å². The van der Waals surface area contributed by atoms with E-state index in [1.807, 2.05) is 25.1 Å². The van der Waals surface area contributed by atoms with Crippen molar-refractivity contribution < 1.29 is 5.11 Å². The molecule has 1 unspecified atom stereocenters. The van der Waals surface area contributed by atoms with Crippen molar-refractivity contribution in [1.29, 1.82) is 0 Å². The Morgan fingerprint density at radius 3 is 2.86 bits per heavy atom. The summed E-state index contributed by atoms with van der Waals surface area (Å²) in [6, 6.07) is 9.22. The summed E-state index contributed by atoms with van der Waals surface area (Å²) in [5.41, 5.74) is 2.44. The molecule has 1 aliphatic rings. The summed E-state index contributed by atoms with van der Waals surface area (Å²) in [6.07, 6.45) is 2.69. The number of aromatic hydroxyl groups is 1. The predicted octanol–water partition coefficient (Wildman–Crippen LogP) is 3.01. The molecule has 22 heavy (non-hydrogen) atoms. The highest BCUT2D eigenvalue weighted by Gasteiger charge is 2.23. The second kappa shape index (κ2) is 6.32. The third-order valence-electron chi connectivity index (χ3n) is 4.23. The number of likely N-dealkylation sites (tertiary alicyclic amines) is 1. The molecule has 2 heterocycles. The van der Waals surface area contributed by atoms with Crippen molar-refractivity contribution >= 4 is 5.82 Å². The van der Waals surface area contributed by atoms with E-state index in [9.17, 15) is 5.11 Å². The fourth-order valence-electron chi connectivity index (χ4n) is 3.03. The van der Waals surface area contributed by atoms with Crippen LogP contribution in [0.4, 0.5) is 5.82 Å². The Bertz CT molecular complexity index is 659. The van der Waals surface area contributed by atoms with Gasteiger partial charge in [-0.15, -0.1) is 10.2 Å². The molecule has 0 amide bonds. The third-order valence-corrected chi connectivity index (χ3v) is 4.23. The second-order valence-corrected chi connectivity index (χ2v) is 5.71. The van der Waals surface area contributed by atoms with Crippen LogP contribution in [-0.2, 0) is 0 Å². The summed E-state index contributed by atoms with van der Waals surface area (Å²) in [5, 5.41) is 22.0. The Hall–Kier alpha value is -2.14. The minimum absolute atomic E-state index is 0.230. The summed E-state index contributed by atoms with van der Waals surface area (Å²) < 4.78 is 0. The largest absolute Gasteiger partial charge is 0.507 e. The molecule has 2 aromatic rings. The monoisotopic (exact) mass is 298 g/mol. The van der Waals surface area contributed by atoms with Gasteiger partial charge in [0.2, 0.25) is 0 Å². The molecule has 1 atom stereocenters. The molecule has 1 aromatic heterocycles. The van der Waals surface area contributed by atoms with Crippen LogP contribution in [0, 0.1) is 6.92 Å². The lowest BCUT2D eigenvalue weighted by Gasteiger charge is -2.24. The average molecular weight is 298 g/mol. The number of phenols is 1. The Kier molecular flexibility index (Phi) is 4.24.